The predicted molar refractivity (Wildman–Crippen MR) is 71.7 cm³/mol. The van der Waals surface area contributed by atoms with Crippen LogP contribution >= 0.6 is 0 Å². The molecule has 2 rings (SSSR count). The molecule has 1 aromatic rings. The van der Waals surface area contributed by atoms with E-state index >= 15 is 0 Å². The van der Waals surface area contributed by atoms with Crippen LogP contribution < -0.4 is 5.73 Å². The zero-order chi connectivity index (χ0) is 14.0. The number of piperazine rings is 1. The van der Waals surface area contributed by atoms with Crippen molar-refractivity contribution >= 4 is 5.91 Å². The zero-order valence-electron chi connectivity index (χ0n) is 11.8. The molecule has 0 spiro atoms. The molecule has 0 radical (unpaired) electrons. The maximum absolute atomic E-state index is 12.4. The maximum atomic E-state index is 12.4. The van der Waals surface area contributed by atoms with Crippen molar-refractivity contribution in [2.24, 2.45) is 5.73 Å². The topological polar surface area (TPSA) is 80.3 Å². The number of aromatic nitrogens is 3. The van der Waals surface area contributed by atoms with Gasteiger partial charge in [0.2, 0.25) is 0 Å². The van der Waals surface area contributed by atoms with E-state index < -0.39 is 0 Å². The summed E-state index contributed by atoms with van der Waals surface area (Å²) >= 11 is 0. The third-order valence-corrected chi connectivity index (χ3v) is 3.72. The number of amides is 1. The summed E-state index contributed by atoms with van der Waals surface area (Å²) in [5.41, 5.74) is 5.83. The summed E-state index contributed by atoms with van der Waals surface area (Å²) in [6, 6.07) is 0. The third kappa shape index (κ3) is 2.93. The lowest BCUT2D eigenvalue weighted by atomic mass is 9.99. The molecule has 2 heterocycles. The number of nitrogens with two attached hydrogens (primary N) is 1. The summed E-state index contributed by atoms with van der Waals surface area (Å²) in [6.45, 7) is 7.63. The van der Waals surface area contributed by atoms with Crippen molar-refractivity contribution in [3.8, 4) is 0 Å². The Morgan fingerprint density at radius 3 is 2.84 bits per heavy atom. The van der Waals surface area contributed by atoms with Gasteiger partial charge in [-0.2, -0.15) is 0 Å². The van der Waals surface area contributed by atoms with Gasteiger partial charge in [-0.1, -0.05) is 5.21 Å². The van der Waals surface area contributed by atoms with Gasteiger partial charge >= 0.3 is 0 Å². The van der Waals surface area contributed by atoms with Gasteiger partial charge in [0, 0.05) is 31.7 Å². The monoisotopic (exact) mass is 266 g/mol. The number of carbonyl (C=O) groups excluding carboxylic acids is 1. The third-order valence-electron chi connectivity index (χ3n) is 3.72. The normalized spacial score (nSPS) is 19.7. The number of rotatable bonds is 3. The van der Waals surface area contributed by atoms with E-state index in [0.29, 0.717) is 25.3 Å². The van der Waals surface area contributed by atoms with Gasteiger partial charge in [0.15, 0.2) is 5.69 Å². The molecular weight excluding hydrogens is 244 g/mol. The molecule has 7 heteroatoms. The van der Waals surface area contributed by atoms with Crippen LogP contribution in [-0.2, 0) is 6.54 Å². The Hall–Kier alpha value is -1.47. The molecule has 1 saturated heterocycles. The van der Waals surface area contributed by atoms with E-state index in [2.05, 4.69) is 36.1 Å². The number of carbonyl (C=O) groups is 1. The van der Waals surface area contributed by atoms with Gasteiger partial charge in [-0.05, 0) is 20.9 Å². The highest BCUT2D eigenvalue weighted by Crippen LogP contribution is 2.19. The minimum Gasteiger partial charge on any atom is -0.334 e. The van der Waals surface area contributed by atoms with Gasteiger partial charge < -0.3 is 10.6 Å². The molecule has 2 N–H and O–H groups in total. The Labute approximate surface area is 113 Å². The summed E-state index contributed by atoms with van der Waals surface area (Å²) in [6.07, 6.45) is 1.67. The molecule has 1 amide bonds. The first-order chi connectivity index (χ1) is 8.94. The molecule has 106 valence electrons. The Balaban J connectivity index is 2.07. The predicted octanol–water partition coefficient (Wildman–Crippen LogP) is -0.597. The van der Waals surface area contributed by atoms with E-state index in [0.717, 1.165) is 13.1 Å². The summed E-state index contributed by atoms with van der Waals surface area (Å²) < 4.78 is 1.61. The van der Waals surface area contributed by atoms with Crippen LogP contribution in [0.15, 0.2) is 6.20 Å². The van der Waals surface area contributed by atoms with Crippen molar-refractivity contribution in [1.29, 1.82) is 0 Å². The quantitative estimate of drug-likeness (QED) is 0.790. The average Bonchev–Trinajstić information content (AvgIpc) is 2.81. The Bertz CT molecular complexity index is 455. The number of hydrogen-bond acceptors (Lipinski definition) is 5. The van der Waals surface area contributed by atoms with E-state index in [1.54, 1.807) is 10.9 Å². The lowest BCUT2D eigenvalue weighted by Gasteiger charge is -2.45. The van der Waals surface area contributed by atoms with Crippen molar-refractivity contribution < 1.29 is 4.79 Å². The molecule has 1 aliphatic heterocycles. The first-order valence-electron chi connectivity index (χ1n) is 6.55. The summed E-state index contributed by atoms with van der Waals surface area (Å²) in [5.74, 6) is -0.0514. The molecule has 0 saturated carbocycles. The van der Waals surface area contributed by atoms with Gasteiger partial charge in [-0.25, -0.2) is 0 Å². The molecule has 0 aromatic carbocycles. The van der Waals surface area contributed by atoms with Gasteiger partial charge in [-0.15, -0.1) is 5.10 Å². The van der Waals surface area contributed by atoms with Gasteiger partial charge in [0.25, 0.3) is 5.91 Å². The van der Waals surface area contributed by atoms with Crippen LogP contribution in [-0.4, -0.2) is 69.5 Å². The van der Waals surface area contributed by atoms with E-state index in [9.17, 15) is 4.79 Å². The second-order valence-electron chi connectivity index (χ2n) is 5.62. The van der Waals surface area contributed by atoms with E-state index in [-0.39, 0.29) is 11.4 Å². The number of hydrogen-bond donors (Lipinski definition) is 1. The van der Waals surface area contributed by atoms with Crippen LogP contribution in [0.5, 0.6) is 0 Å². The fourth-order valence-electron chi connectivity index (χ4n) is 2.21. The molecule has 19 heavy (non-hydrogen) atoms. The molecule has 1 aliphatic rings. The summed E-state index contributed by atoms with van der Waals surface area (Å²) in [5, 5.41) is 7.83. The lowest BCUT2D eigenvalue weighted by Crippen LogP contribution is -2.58. The van der Waals surface area contributed by atoms with Crippen LogP contribution in [0.4, 0.5) is 0 Å². The number of nitrogens with zero attached hydrogens (tertiary/aromatic N) is 5. The first kappa shape index (κ1) is 14.0. The van der Waals surface area contributed by atoms with Crippen molar-refractivity contribution in [1.82, 2.24) is 24.8 Å². The molecule has 0 aliphatic carbocycles. The van der Waals surface area contributed by atoms with Crippen LogP contribution in [0.3, 0.4) is 0 Å². The Morgan fingerprint density at radius 2 is 2.21 bits per heavy atom. The highest BCUT2D eigenvalue weighted by molar-refractivity contribution is 5.92. The smallest absolute Gasteiger partial charge is 0.276 e. The molecule has 1 fully saturated rings. The fraction of sp³-hybridized carbons (Fsp3) is 0.750. The van der Waals surface area contributed by atoms with Gasteiger partial charge in [-0.3, -0.25) is 14.4 Å². The number of likely N-dealkylation sites (N-methyl/N-ethyl adjacent to an activating group) is 1. The van der Waals surface area contributed by atoms with Gasteiger partial charge in [0.1, 0.15) is 0 Å². The van der Waals surface area contributed by atoms with Crippen molar-refractivity contribution in [2.45, 2.75) is 25.9 Å². The standard InChI is InChI=1S/C12H22N6O/c1-12(2)9-17(7-6-16(12)3)11(19)10-8-18(5-4-13)15-14-10/h8H,4-7,9,13H2,1-3H3. The lowest BCUT2D eigenvalue weighted by molar-refractivity contribution is 0.0307. The van der Waals surface area contributed by atoms with Crippen LogP contribution in [0.25, 0.3) is 0 Å². The molecule has 0 atom stereocenters. The second-order valence-corrected chi connectivity index (χ2v) is 5.62. The maximum Gasteiger partial charge on any atom is 0.276 e. The molecule has 0 bridgehead atoms. The summed E-state index contributed by atoms with van der Waals surface area (Å²) in [4.78, 5) is 16.5. The van der Waals surface area contributed by atoms with E-state index in [1.807, 2.05) is 4.90 Å². The molecule has 7 nitrogen and oxygen atoms in total. The van der Waals surface area contributed by atoms with E-state index in [4.69, 9.17) is 5.73 Å². The van der Waals surface area contributed by atoms with Crippen LogP contribution in [0.2, 0.25) is 0 Å². The zero-order valence-corrected chi connectivity index (χ0v) is 11.8. The minimum absolute atomic E-state index is 0.0127. The molecular formula is C12H22N6O. The van der Waals surface area contributed by atoms with Crippen molar-refractivity contribution in [3.05, 3.63) is 11.9 Å². The SMILES string of the molecule is CN1CCN(C(=O)c2cn(CCN)nn2)CC1(C)C. The second kappa shape index (κ2) is 5.26. The summed E-state index contributed by atoms with van der Waals surface area (Å²) in [7, 11) is 2.08. The average molecular weight is 266 g/mol. The van der Waals surface area contributed by atoms with E-state index in [1.165, 1.54) is 0 Å². The first-order valence-corrected chi connectivity index (χ1v) is 6.55. The highest BCUT2D eigenvalue weighted by Gasteiger charge is 2.34. The van der Waals surface area contributed by atoms with Crippen LogP contribution in [0, 0.1) is 0 Å². The Kier molecular flexibility index (Phi) is 3.86. The molecule has 0 unspecified atom stereocenters. The highest BCUT2D eigenvalue weighted by atomic mass is 16.2. The van der Waals surface area contributed by atoms with Crippen LogP contribution in [0.1, 0.15) is 24.3 Å². The largest absolute Gasteiger partial charge is 0.334 e. The Morgan fingerprint density at radius 1 is 1.47 bits per heavy atom. The fourth-order valence-corrected chi connectivity index (χ4v) is 2.21. The van der Waals surface area contributed by atoms with Gasteiger partial charge in [0.05, 0.1) is 12.7 Å². The minimum atomic E-state index is -0.0514. The van der Waals surface area contributed by atoms with Crippen molar-refractivity contribution in [3.63, 3.8) is 0 Å². The van der Waals surface area contributed by atoms with Crippen molar-refractivity contribution in [2.75, 3.05) is 33.2 Å². The molecule has 1 aromatic heterocycles.